The molecular weight excluding hydrogens is 320 g/mol. The van der Waals surface area contributed by atoms with Crippen LogP contribution in [0.2, 0.25) is 0 Å². The second-order valence-corrected chi connectivity index (χ2v) is 7.55. The van der Waals surface area contributed by atoms with E-state index in [4.69, 9.17) is 4.74 Å². The number of benzene rings is 1. The molecule has 1 aliphatic heterocycles. The van der Waals surface area contributed by atoms with Crippen LogP contribution in [0, 0.1) is 0 Å². The van der Waals surface area contributed by atoms with Gasteiger partial charge in [-0.2, -0.15) is 0 Å². The zero-order valence-electron chi connectivity index (χ0n) is 13.1. The first-order valence-corrected chi connectivity index (χ1v) is 8.85. The second kappa shape index (κ2) is 7.20. The van der Waals surface area contributed by atoms with Crippen molar-refractivity contribution >= 4 is 21.8 Å². The maximum atomic E-state index is 12.1. The molecular formula is C15H20N2O5S. The van der Waals surface area contributed by atoms with Gasteiger partial charge in [-0.1, -0.05) is 12.1 Å². The minimum Gasteiger partial charge on any atom is -0.383 e. The summed E-state index contributed by atoms with van der Waals surface area (Å²) in [6, 6.07) is 6.65. The van der Waals surface area contributed by atoms with Crippen molar-refractivity contribution in [3.8, 4) is 0 Å². The first kappa shape index (κ1) is 17.6. The molecule has 2 amide bonds. The molecule has 0 bridgehead atoms. The van der Waals surface area contributed by atoms with Crippen LogP contribution in [0.4, 0.5) is 0 Å². The van der Waals surface area contributed by atoms with E-state index in [1.807, 2.05) is 0 Å². The molecule has 0 aromatic heterocycles. The predicted octanol–water partition coefficient (Wildman–Crippen LogP) is 0.627. The van der Waals surface area contributed by atoms with Crippen molar-refractivity contribution < 1.29 is 22.7 Å². The Morgan fingerprint density at radius 2 is 1.74 bits per heavy atom. The molecule has 1 aliphatic rings. The van der Waals surface area contributed by atoms with Crippen LogP contribution in [-0.2, 0) is 14.8 Å². The number of nitrogens with zero attached hydrogens (tertiary/aromatic N) is 1. The Morgan fingerprint density at radius 3 is 2.26 bits per heavy atom. The minimum atomic E-state index is -3.46. The van der Waals surface area contributed by atoms with Gasteiger partial charge < -0.3 is 4.74 Å². The van der Waals surface area contributed by atoms with Gasteiger partial charge in [0.25, 0.3) is 11.8 Å². The summed E-state index contributed by atoms with van der Waals surface area (Å²) in [7, 11) is -2.02. The largest absolute Gasteiger partial charge is 0.383 e. The van der Waals surface area contributed by atoms with E-state index in [9.17, 15) is 18.0 Å². The summed E-state index contributed by atoms with van der Waals surface area (Å²) in [4.78, 5) is 25.4. The summed E-state index contributed by atoms with van der Waals surface area (Å²) in [5.41, 5.74) is 0.790. The number of carbonyl (C=O) groups excluding carboxylic acids is 2. The van der Waals surface area contributed by atoms with Gasteiger partial charge in [0.2, 0.25) is 10.0 Å². The van der Waals surface area contributed by atoms with E-state index >= 15 is 0 Å². The first-order valence-electron chi connectivity index (χ1n) is 7.31. The molecule has 0 spiro atoms. The van der Waals surface area contributed by atoms with Gasteiger partial charge in [0.1, 0.15) is 0 Å². The van der Waals surface area contributed by atoms with Crippen LogP contribution in [0.1, 0.15) is 34.1 Å². The van der Waals surface area contributed by atoms with Gasteiger partial charge in [0.15, 0.2) is 0 Å². The monoisotopic (exact) mass is 340 g/mol. The molecule has 1 N–H and O–H groups in total. The van der Waals surface area contributed by atoms with Gasteiger partial charge in [-0.05, 0) is 25.5 Å². The smallest absolute Gasteiger partial charge is 0.261 e. The fourth-order valence-corrected chi connectivity index (χ4v) is 3.39. The molecule has 0 radical (unpaired) electrons. The highest BCUT2D eigenvalue weighted by Crippen LogP contribution is 2.22. The lowest BCUT2D eigenvalue weighted by atomic mass is 10.1. The number of hydrogen-bond acceptors (Lipinski definition) is 5. The summed E-state index contributed by atoms with van der Waals surface area (Å²) in [6.45, 7) is 1.99. The summed E-state index contributed by atoms with van der Waals surface area (Å²) in [5, 5.41) is -0.660. The number of hydrogen-bond donors (Lipinski definition) is 1. The number of imide groups is 1. The van der Waals surface area contributed by atoms with Crippen molar-refractivity contribution in [2.24, 2.45) is 0 Å². The fourth-order valence-electron chi connectivity index (χ4n) is 2.36. The molecule has 0 saturated heterocycles. The molecule has 0 fully saturated rings. The van der Waals surface area contributed by atoms with Gasteiger partial charge >= 0.3 is 0 Å². The Labute approximate surface area is 135 Å². The topological polar surface area (TPSA) is 92.8 Å². The van der Waals surface area contributed by atoms with E-state index < -0.39 is 15.3 Å². The van der Waals surface area contributed by atoms with E-state index in [-0.39, 0.29) is 31.5 Å². The molecule has 0 aliphatic carbocycles. The van der Waals surface area contributed by atoms with Crippen LogP contribution in [0.25, 0.3) is 0 Å². The number of rotatable bonds is 8. The van der Waals surface area contributed by atoms with E-state index in [1.165, 1.54) is 7.11 Å². The Bertz CT molecular complexity index is 667. The number of carbonyl (C=O) groups is 2. The highest BCUT2D eigenvalue weighted by Gasteiger charge is 2.34. The normalized spacial score (nSPS) is 15.8. The van der Waals surface area contributed by atoms with E-state index in [2.05, 4.69) is 4.72 Å². The number of ether oxygens (including phenoxy) is 1. The number of amides is 2. The standard InChI is InChI=1S/C15H20N2O5S/c1-11(10-22-2)23(20,21)16-8-5-9-17-14(18)12-6-3-4-7-13(12)15(17)19/h3-4,6-7,11,16H,5,8-10H2,1-2H3/t11-/m0/s1. The van der Waals surface area contributed by atoms with Crippen molar-refractivity contribution in [2.75, 3.05) is 26.8 Å². The number of methoxy groups -OCH3 is 1. The van der Waals surface area contributed by atoms with Crippen LogP contribution >= 0.6 is 0 Å². The van der Waals surface area contributed by atoms with E-state index in [0.717, 1.165) is 4.90 Å². The maximum absolute atomic E-state index is 12.1. The second-order valence-electron chi connectivity index (χ2n) is 5.37. The quantitative estimate of drug-likeness (QED) is 0.553. The van der Waals surface area contributed by atoms with Crippen molar-refractivity contribution in [1.29, 1.82) is 0 Å². The summed E-state index contributed by atoms with van der Waals surface area (Å²) in [6.07, 6.45) is 0.352. The molecule has 2 rings (SSSR count). The summed E-state index contributed by atoms with van der Waals surface area (Å²) >= 11 is 0. The van der Waals surface area contributed by atoms with Crippen molar-refractivity contribution in [3.05, 3.63) is 35.4 Å². The van der Waals surface area contributed by atoms with Crippen LogP contribution in [0.5, 0.6) is 0 Å². The molecule has 1 heterocycles. The van der Waals surface area contributed by atoms with Gasteiger partial charge in [0, 0.05) is 20.2 Å². The third kappa shape index (κ3) is 3.77. The molecule has 1 aromatic carbocycles. The highest BCUT2D eigenvalue weighted by molar-refractivity contribution is 7.90. The zero-order chi connectivity index (χ0) is 17.0. The first-order chi connectivity index (χ1) is 10.9. The molecule has 8 heteroatoms. The van der Waals surface area contributed by atoms with E-state index in [0.29, 0.717) is 17.5 Å². The van der Waals surface area contributed by atoms with E-state index in [1.54, 1.807) is 31.2 Å². The van der Waals surface area contributed by atoms with Gasteiger partial charge in [-0.15, -0.1) is 0 Å². The average Bonchev–Trinajstić information content (AvgIpc) is 2.76. The molecule has 1 atom stereocenters. The van der Waals surface area contributed by atoms with Gasteiger partial charge in [-0.3, -0.25) is 14.5 Å². The summed E-state index contributed by atoms with van der Waals surface area (Å²) in [5.74, 6) is -0.664. The molecule has 0 saturated carbocycles. The lowest BCUT2D eigenvalue weighted by Crippen LogP contribution is -2.37. The summed E-state index contributed by atoms with van der Waals surface area (Å²) < 4.78 is 31.1. The average molecular weight is 340 g/mol. The SMILES string of the molecule is COC[C@H](C)S(=O)(=O)NCCCN1C(=O)c2ccccc2C1=O. The van der Waals surface area contributed by atoms with Crippen LogP contribution in [-0.4, -0.2) is 57.2 Å². The van der Waals surface area contributed by atoms with Gasteiger partial charge in [0.05, 0.1) is 23.0 Å². The van der Waals surface area contributed by atoms with Crippen LogP contribution in [0.3, 0.4) is 0 Å². The van der Waals surface area contributed by atoms with Gasteiger partial charge in [-0.25, -0.2) is 13.1 Å². The number of fused-ring (bicyclic) bond motifs is 1. The maximum Gasteiger partial charge on any atom is 0.261 e. The predicted molar refractivity (Wildman–Crippen MR) is 84.7 cm³/mol. The molecule has 7 nitrogen and oxygen atoms in total. The Hall–Kier alpha value is -1.77. The Morgan fingerprint density at radius 1 is 1.17 bits per heavy atom. The highest BCUT2D eigenvalue weighted by atomic mass is 32.2. The van der Waals surface area contributed by atoms with Crippen molar-refractivity contribution in [3.63, 3.8) is 0 Å². The lowest BCUT2D eigenvalue weighted by molar-refractivity contribution is 0.0653. The number of sulfonamides is 1. The molecule has 1 aromatic rings. The Balaban J connectivity index is 1.87. The lowest BCUT2D eigenvalue weighted by Gasteiger charge is -2.15. The van der Waals surface area contributed by atoms with Crippen molar-refractivity contribution in [1.82, 2.24) is 9.62 Å². The minimum absolute atomic E-state index is 0.105. The molecule has 0 unspecified atom stereocenters. The zero-order valence-corrected chi connectivity index (χ0v) is 13.9. The molecule has 23 heavy (non-hydrogen) atoms. The van der Waals surface area contributed by atoms with Crippen LogP contribution < -0.4 is 4.72 Å². The fraction of sp³-hybridized carbons (Fsp3) is 0.467. The molecule has 126 valence electrons. The number of nitrogens with one attached hydrogen (secondary N) is 1. The third-order valence-corrected chi connectivity index (χ3v) is 5.47. The third-order valence-electron chi connectivity index (χ3n) is 3.67. The Kier molecular flexibility index (Phi) is 5.51. The van der Waals surface area contributed by atoms with Crippen molar-refractivity contribution in [2.45, 2.75) is 18.6 Å². The van der Waals surface area contributed by atoms with Crippen LogP contribution in [0.15, 0.2) is 24.3 Å².